The molecule has 0 saturated heterocycles. The Hall–Kier alpha value is -3.42. The number of amides is 1. The average Bonchev–Trinajstić information content (AvgIpc) is 2.63. The fourth-order valence-corrected chi connectivity index (χ4v) is 2.45. The summed E-state index contributed by atoms with van der Waals surface area (Å²) in [5, 5.41) is 2.33. The van der Waals surface area contributed by atoms with Gasteiger partial charge in [-0.1, -0.05) is 6.07 Å². The van der Waals surface area contributed by atoms with E-state index in [0.29, 0.717) is 18.2 Å². The lowest BCUT2D eigenvalue weighted by atomic mass is 10.1. The molecule has 0 aliphatic heterocycles. The quantitative estimate of drug-likeness (QED) is 0.740. The fraction of sp³-hybridized carbons (Fsp3) is 0.158. The summed E-state index contributed by atoms with van der Waals surface area (Å²) in [5.74, 6) is -2.25. The van der Waals surface area contributed by atoms with Crippen LogP contribution in [0.3, 0.4) is 0 Å². The second-order valence-corrected chi connectivity index (χ2v) is 5.61. The highest BCUT2D eigenvalue weighted by Crippen LogP contribution is 2.23. The van der Waals surface area contributed by atoms with Crippen LogP contribution in [-0.2, 0) is 0 Å². The monoisotopic (exact) mass is 370 g/mol. The number of anilines is 1. The molecule has 0 spiro atoms. The van der Waals surface area contributed by atoms with E-state index in [1.54, 1.807) is 12.3 Å². The summed E-state index contributed by atoms with van der Waals surface area (Å²) in [5.41, 5.74) is 1.52. The molecule has 0 bridgehead atoms. The maximum Gasteiger partial charge on any atom is 0.262 e. The van der Waals surface area contributed by atoms with Crippen molar-refractivity contribution in [3.05, 3.63) is 65.6 Å². The molecule has 0 atom stereocenters. The van der Waals surface area contributed by atoms with Crippen molar-refractivity contribution in [2.45, 2.75) is 13.8 Å². The van der Waals surface area contributed by atoms with E-state index in [2.05, 4.69) is 20.3 Å². The van der Waals surface area contributed by atoms with Crippen LogP contribution >= 0.6 is 0 Å². The van der Waals surface area contributed by atoms with Gasteiger partial charge in [-0.15, -0.1) is 0 Å². The van der Waals surface area contributed by atoms with Gasteiger partial charge in [0, 0.05) is 17.8 Å². The van der Waals surface area contributed by atoms with Crippen LogP contribution in [0, 0.1) is 18.6 Å². The van der Waals surface area contributed by atoms with Crippen molar-refractivity contribution in [2.75, 3.05) is 11.9 Å². The van der Waals surface area contributed by atoms with Crippen LogP contribution in [0.15, 0.2) is 42.9 Å². The van der Waals surface area contributed by atoms with E-state index in [-0.39, 0.29) is 5.82 Å². The molecule has 138 valence electrons. The average molecular weight is 370 g/mol. The van der Waals surface area contributed by atoms with Gasteiger partial charge in [-0.25, -0.2) is 18.7 Å². The smallest absolute Gasteiger partial charge is 0.262 e. The lowest BCUT2D eigenvalue weighted by Crippen LogP contribution is -2.16. The standard InChI is InChI=1S/C19H16F2N4O2/c1-3-27-17-7-11(2)12(8-24-17)15-9-23-16(10-22-15)25-19(26)18-13(20)5-4-6-14(18)21/h4-10H,3H2,1-2H3,(H,23,25,26). The van der Waals surface area contributed by atoms with Crippen LogP contribution in [0.4, 0.5) is 14.6 Å². The van der Waals surface area contributed by atoms with E-state index in [0.717, 1.165) is 23.3 Å². The Kier molecular flexibility index (Phi) is 5.35. The fourth-order valence-electron chi connectivity index (χ4n) is 2.45. The number of aryl methyl sites for hydroxylation is 1. The minimum absolute atomic E-state index is 0.0722. The lowest BCUT2D eigenvalue weighted by Gasteiger charge is -2.09. The molecule has 1 N–H and O–H groups in total. The molecule has 2 heterocycles. The zero-order valence-electron chi connectivity index (χ0n) is 14.7. The summed E-state index contributed by atoms with van der Waals surface area (Å²) in [6.07, 6.45) is 4.37. The van der Waals surface area contributed by atoms with Gasteiger partial charge in [0.1, 0.15) is 17.2 Å². The molecule has 6 nitrogen and oxygen atoms in total. The molecule has 0 unspecified atom stereocenters. The highest BCUT2D eigenvalue weighted by Gasteiger charge is 2.17. The van der Waals surface area contributed by atoms with Crippen molar-refractivity contribution >= 4 is 11.7 Å². The third-order valence-corrected chi connectivity index (χ3v) is 3.74. The van der Waals surface area contributed by atoms with Crippen LogP contribution in [-0.4, -0.2) is 27.5 Å². The van der Waals surface area contributed by atoms with Crippen LogP contribution in [0.2, 0.25) is 0 Å². The van der Waals surface area contributed by atoms with Gasteiger partial charge in [-0.05, 0) is 31.5 Å². The van der Waals surface area contributed by atoms with Crippen molar-refractivity contribution in [1.82, 2.24) is 15.0 Å². The predicted molar refractivity (Wildman–Crippen MR) is 95.5 cm³/mol. The van der Waals surface area contributed by atoms with E-state index < -0.39 is 23.1 Å². The molecular weight excluding hydrogens is 354 g/mol. The van der Waals surface area contributed by atoms with Gasteiger partial charge in [-0.2, -0.15) is 0 Å². The third kappa shape index (κ3) is 4.05. The number of aromatic nitrogens is 3. The Morgan fingerprint density at radius 2 is 1.85 bits per heavy atom. The van der Waals surface area contributed by atoms with Gasteiger partial charge in [0.2, 0.25) is 5.88 Å². The van der Waals surface area contributed by atoms with Gasteiger partial charge in [0.25, 0.3) is 5.91 Å². The van der Waals surface area contributed by atoms with E-state index in [1.165, 1.54) is 18.5 Å². The zero-order valence-corrected chi connectivity index (χ0v) is 14.7. The number of nitrogens with zero attached hydrogens (tertiary/aromatic N) is 3. The van der Waals surface area contributed by atoms with Crippen molar-refractivity contribution < 1.29 is 18.3 Å². The van der Waals surface area contributed by atoms with Crippen molar-refractivity contribution in [3.63, 3.8) is 0 Å². The molecule has 1 aromatic carbocycles. The van der Waals surface area contributed by atoms with E-state index >= 15 is 0 Å². The first kappa shape index (κ1) is 18.4. The predicted octanol–water partition coefficient (Wildman–Crippen LogP) is 3.78. The number of hydrogen-bond acceptors (Lipinski definition) is 5. The molecule has 3 rings (SSSR count). The Balaban J connectivity index is 1.79. The van der Waals surface area contributed by atoms with Crippen molar-refractivity contribution in [3.8, 4) is 17.1 Å². The first-order valence-corrected chi connectivity index (χ1v) is 8.16. The summed E-state index contributed by atoms with van der Waals surface area (Å²) in [6, 6.07) is 4.99. The zero-order chi connectivity index (χ0) is 19.4. The maximum atomic E-state index is 13.7. The summed E-state index contributed by atoms with van der Waals surface area (Å²) in [6.45, 7) is 4.27. The molecule has 3 aromatic rings. The second-order valence-electron chi connectivity index (χ2n) is 5.61. The van der Waals surface area contributed by atoms with Gasteiger partial charge >= 0.3 is 0 Å². The molecule has 27 heavy (non-hydrogen) atoms. The van der Waals surface area contributed by atoms with E-state index in [1.807, 2.05) is 13.8 Å². The van der Waals surface area contributed by atoms with Crippen molar-refractivity contribution in [2.24, 2.45) is 0 Å². The largest absolute Gasteiger partial charge is 0.478 e. The van der Waals surface area contributed by atoms with E-state index in [9.17, 15) is 13.6 Å². The summed E-state index contributed by atoms with van der Waals surface area (Å²) < 4.78 is 32.7. The first-order valence-electron chi connectivity index (χ1n) is 8.16. The summed E-state index contributed by atoms with van der Waals surface area (Å²) in [7, 11) is 0. The number of ether oxygens (including phenoxy) is 1. The van der Waals surface area contributed by atoms with Crippen LogP contribution in [0.25, 0.3) is 11.3 Å². The number of pyridine rings is 1. The number of carbonyl (C=O) groups excluding carboxylic acids is 1. The van der Waals surface area contributed by atoms with Gasteiger partial charge < -0.3 is 10.1 Å². The van der Waals surface area contributed by atoms with Crippen LogP contribution in [0.5, 0.6) is 5.88 Å². The molecule has 8 heteroatoms. The van der Waals surface area contributed by atoms with E-state index in [4.69, 9.17) is 4.74 Å². The topological polar surface area (TPSA) is 77.0 Å². The van der Waals surface area contributed by atoms with Gasteiger partial charge in [-0.3, -0.25) is 9.78 Å². The number of carbonyl (C=O) groups is 1. The summed E-state index contributed by atoms with van der Waals surface area (Å²) >= 11 is 0. The van der Waals surface area contributed by atoms with Crippen LogP contribution < -0.4 is 10.1 Å². The number of halogens is 2. The molecular formula is C19H16F2N4O2. The lowest BCUT2D eigenvalue weighted by molar-refractivity contribution is 0.101. The first-order chi connectivity index (χ1) is 13.0. The highest BCUT2D eigenvalue weighted by molar-refractivity contribution is 6.04. The molecule has 2 aromatic heterocycles. The number of benzene rings is 1. The highest BCUT2D eigenvalue weighted by atomic mass is 19.1. The molecule has 0 radical (unpaired) electrons. The van der Waals surface area contributed by atoms with Gasteiger partial charge in [0.05, 0.1) is 24.7 Å². The minimum Gasteiger partial charge on any atom is -0.478 e. The normalized spacial score (nSPS) is 10.5. The Bertz CT molecular complexity index is 958. The molecule has 0 fully saturated rings. The maximum absolute atomic E-state index is 13.7. The minimum atomic E-state index is -0.951. The van der Waals surface area contributed by atoms with Crippen LogP contribution in [0.1, 0.15) is 22.8 Å². The number of rotatable bonds is 5. The molecule has 0 aliphatic carbocycles. The Morgan fingerprint density at radius 1 is 1.11 bits per heavy atom. The second kappa shape index (κ2) is 7.86. The molecule has 0 saturated carbocycles. The Labute approximate surface area is 154 Å². The van der Waals surface area contributed by atoms with Crippen molar-refractivity contribution in [1.29, 1.82) is 0 Å². The molecule has 0 aliphatic rings. The molecule has 1 amide bonds. The third-order valence-electron chi connectivity index (χ3n) is 3.74. The Morgan fingerprint density at radius 3 is 2.44 bits per heavy atom. The number of nitrogens with one attached hydrogen (secondary N) is 1. The summed E-state index contributed by atoms with van der Waals surface area (Å²) in [4.78, 5) is 24.6. The van der Waals surface area contributed by atoms with Gasteiger partial charge in [0.15, 0.2) is 5.82 Å². The SMILES string of the molecule is CCOc1cc(C)c(-c2cnc(NC(=O)c3c(F)cccc3F)cn2)cn1. The number of hydrogen-bond donors (Lipinski definition) is 1.